The first kappa shape index (κ1) is 25.7. The van der Waals surface area contributed by atoms with E-state index in [1.807, 2.05) is 7.05 Å². The first-order valence-electron chi connectivity index (χ1n) is 12.3. The largest absolute Gasteiger partial charge is 0.381 e. The molecule has 1 saturated heterocycles. The Kier molecular flexibility index (Phi) is 6.12. The zero-order valence-electron chi connectivity index (χ0n) is 20.7. The van der Waals surface area contributed by atoms with Gasteiger partial charge in [-0.2, -0.15) is 0 Å². The summed E-state index contributed by atoms with van der Waals surface area (Å²) < 4.78 is 71.7. The van der Waals surface area contributed by atoms with E-state index < -0.39 is 46.8 Å². The van der Waals surface area contributed by atoms with Crippen LogP contribution in [0.5, 0.6) is 0 Å². The number of anilines is 1. The van der Waals surface area contributed by atoms with Gasteiger partial charge in [0.15, 0.2) is 0 Å². The summed E-state index contributed by atoms with van der Waals surface area (Å²) in [6.45, 7) is 3.76. The van der Waals surface area contributed by atoms with Crippen LogP contribution in [0.4, 0.5) is 27.6 Å². The predicted octanol–water partition coefficient (Wildman–Crippen LogP) is 4.53. The van der Waals surface area contributed by atoms with Gasteiger partial charge in [-0.15, -0.1) is 0 Å². The van der Waals surface area contributed by atoms with Gasteiger partial charge in [0.1, 0.15) is 11.9 Å². The van der Waals surface area contributed by atoms with Crippen molar-refractivity contribution >= 4 is 11.6 Å². The summed E-state index contributed by atoms with van der Waals surface area (Å²) in [5.74, 6) is -7.64. The molecule has 2 heterocycles. The van der Waals surface area contributed by atoms with Gasteiger partial charge in [0.2, 0.25) is 0 Å². The molecule has 0 spiro atoms. The van der Waals surface area contributed by atoms with Crippen LogP contribution < -0.4 is 16.2 Å². The fourth-order valence-corrected chi connectivity index (χ4v) is 5.63. The molecule has 0 radical (unpaired) electrons. The summed E-state index contributed by atoms with van der Waals surface area (Å²) in [6, 6.07) is 2.39. The molecule has 3 aliphatic rings. The van der Waals surface area contributed by atoms with E-state index in [9.17, 15) is 31.5 Å². The Labute approximate surface area is 210 Å². The molecule has 2 aromatic rings. The standard InChI is InChI=1S/C26H29F5N4O2/c1-13(14-5-4-6-18(22(14)27)25(2,28)29)32-24(37)17-12-35(20-7-8-26(20,30)31)21(36)9-19(17)33-23-15-10-34(3)11-16(15)23/h4-6,9,12-13,15-16,20,23,33H,7-8,10-11H2,1-3H3,(H,32,37)/t13-,15-,16+,20+,23-/m1/s1. The highest BCUT2D eigenvalue weighted by Crippen LogP contribution is 2.48. The number of hydrogen-bond acceptors (Lipinski definition) is 4. The van der Waals surface area contributed by atoms with Gasteiger partial charge in [0, 0.05) is 50.3 Å². The van der Waals surface area contributed by atoms with Crippen molar-refractivity contribution in [3.8, 4) is 0 Å². The zero-order chi connectivity index (χ0) is 26.9. The van der Waals surface area contributed by atoms with E-state index in [0.29, 0.717) is 18.8 Å². The molecule has 1 aromatic heterocycles. The second-order valence-electron chi connectivity index (χ2n) is 10.7. The molecule has 1 aromatic carbocycles. The second-order valence-corrected chi connectivity index (χ2v) is 10.7. The van der Waals surface area contributed by atoms with Gasteiger partial charge in [0.05, 0.1) is 22.9 Å². The lowest BCUT2D eigenvalue weighted by molar-refractivity contribution is -0.123. The minimum atomic E-state index is -3.42. The number of fused-ring (bicyclic) bond motifs is 1. The number of nitrogens with one attached hydrogen (secondary N) is 2. The van der Waals surface area contributed by atoms with Gasteiger partial charge >= 0.3 is 0 Å². The number of benzene rings is 1. The van der Waals surface area contributed by atoms with Crippen LogP contribution in [0, 0.1) is 17.7 Å². The van der Waals surface area contributed by atoms with Gasteiger partial charge in [-0.1, -0.05) is 18.2 Å². The summed E-state index contributed by atoms with van der Waals surface area (Å²) in [5, 5.41) is 5.83. The van der Waals surface area contributed by atoms with Crippen molar-refractivity contribution in [3.63, 3.8) is 0 Å². The number of carbonyl (C=O) groups excluding carboxylic acids is 1. The maximum atomic E-state index is 14.9. The normalized spacial score (nSPS) is 27.2. The molecule has 37 heavy (non-hydrogen) atoms. The van der Waals surface area contributed by atoms with E-state index in [1.54, 1.807) is 0 Å². The van der Waals surface area contributed by atoms with Crippen molar-refractivity contribution in [1.29, 1.82) is 0 Å². The van der Waals surface area contributed by atoms with Crippen molar-refractivity contribution in [2.75, 3.05) is 25.5 Å². The highest BCUT2D eigenvalue weighted by Gasteiger charge is 2.55. The van der Waals surface area contributed by atoms with E-state index in [1.165, 1.54) is 19.1 Å². The maximum Gasteiger partial charge on any atom is 0.273 e. The Morgan fingerprint density at radius 3 is 2.46 bits per heavy atom. The molecule has 1 amide bonds. The van der Waals surface area contributed by atoms with Crippen LogP contribution in [0.15, 0.2) is 35.3 Å². The fourth-order valence-electron chi connectivity index (χ4n) is 5.63. The lowest BCUT2D eigenvalue weighted by Gasteiger charge is -2.37. The summed E-state index contributed by atoms with van der Waals surface area (Å²) in [7, 11) is 2.01. The van der Waals surface area contributed by atoms with Crippen LogP contribution in [0.2, 0.25) is 0 Å². The van der Waals surface area contributed by atoms with Gasteiger partial charge in [-0.05, 0) is 32.2 Å². The van der Waals surface area contributed by atoms with E-state index in [-0.39, 0.29) is 35.7 Å². The van der Waals surface area contributed by atoms with Crippen molar-refractivity contribution in [2.24, 2.45) is 11.8 Å². The Balaban J connectivity index is 1.45. The predicted molar refractivity (Wildman–Crippen MR) is 128 cm³/mol. The Morgan fingerprint density at radius 1 is 1.22 bits per heavy atom. The monoisotopic (exact) mass is 524 g/mol. The van der Waals surface area contributed by atoms with Crippen molar-refractivity contribution in [2.45, 2.75) is 56.7 Å². The molecule has 5 rings (SSSR count). The number of aromatic nitrogens is 1. The van der Waals surface area contributed by atoms with E-state index in [2.05, 4.69) is 15.5 Å². The molecular formula is C26H29F5N4O2. The van der Waals surface area contributed by atoms with E-state index in [4.69, 9.17) is 0 Å². The number of alkyl halides is 4. The number of hydrogen-bond donors (Lipinski definition) is 2. The highest BCUT2D eigenvalue weighted by atomic mass is 19.3. The van der Waals surface area contributed by atoms with Crippen LogP contribution >= 0.6 is 0 Å². The molecule has 5 atom stereocenters. The molecule has 6 nitrogen and oxygen atoms in total. The molecule has 0 bridgehead atoms. The van der Waals surface area contributed by atoms with Crippen LogP contribution in [0.1, 0.15) is 60.3 Å². The lowest BCUT2D eigenvalue weighted by atomic mass is 9.87. The van der Waals surface area contributed by atoms with Crippen molar-refractivity contribution in [3.05, 3.63) is 63.3 Å². The number of amides is 1. The molecule has 3 fully saturated rings. The van der Waals surface area contributed by atoms with Gasteiger partial charge in [-0.3, -0.25) is 9.59 Å². The summed E-state index contributed by atoms with van der Waals surface area (Å²) in [4.78, 5) is 28.3. The third-order valence-electron chi connectivity index (χ3n) is 7.91. The number of pyridine rings is 1. The number of halogens is 5. The van der Waals surface area contributed by atoms with Gasteiger partial charge in [0.25, 0.3) is 23.3 Å². The van der Waals surface area contributed by atoms with E-state index in [0.717, 1.165) is 36.0 Å². The van der Waals surface area contributed by atoms with Crippen LogP contribution in [-0.2, 0) is 5.92 Å². The molecule has 11 heteroatoms. The summed E-state index contributed by atoms with van der Waals surface area (Å²) >= 11 is 0. The fraction of sp³-hybridized carbons (Fsp3) is 0.538. The minimum absolute atomic E-state index is 0.0372. The Bertz CT molecular complexity index is 1280. The second kappa shape index (κ2) is 8.82. The summed E-state index contributed by atoms with van der Waals surface area (Å²) in [5.41, 5.74) is -1.40. The van der Waals surface area contributed by atoms with Crippen molar-refractivity contribution < 1.29 is 26.7 Å². The lowest BCUT2D eigenvalue weighted by Crippen LogP contribution is -2.45. The minimum Gasteiger partial charge on any atom is -0.381 e. The number of rotatable bonds is 7. The third kappa shape index (κ3) is 4.62. The molecule has 2 N–H and O–H groups in total. The molecule has 2 saturated carbocycles. The molecule has 0 unspecified atom stereocenters. The number of carbonyl (C=O) groups is 1. The Morgan fingerprint density at radius 2 is 1.89 bits per heavy atom. The average molecular weight is 525 g/mol. The first-order chi connectivity index (χ1) is 17.3. The smallest absolute Gasteiger partial charge is 0.273 e. The maximum absolute atomic E-state index is 14.9. The molecule has 200 valence electrons. The number of piperidine rings is 1. The van der Waals surface area contributed by atoms with Gasteiger partial charge < -0.3 is 20.1 Å². The quantitative estimate of drug-likeness (QED) is 0.523. The topological polar surface area (TPSA) is 66.4 Å². The number of nitrogens with zero attached hydrogens (tertiary/aromatic N) is 2. The summed E-state index contributed by atoms with van der Waals surface area (Å²) in [6.07, 6.45) is 0.875. The van der Waals surface area contributed by atoms with Crippen LogP contribution in [0.25, 0.3) is 0 Å². The number of likely N-dealkylation sites (tertiary alicyclic amines) is 1. The molecule has 2 aliphatic carbocycles. The van der Waals surface area contributed by atoms with E-state index >= 15 is 0 Å². The van der Waals surface area contributed by atoms with Crippen LogP contribution in [0.3, 0.4) is 0 Å². The SMILES string of the molecule is C[C@@H](NC(=O)c1cn([C@H]2CCC2(F)F)c(=O)cc1N[C@@H]1[C@@H]2CN(C)C[C@@H]21)c1cccc(C(C)(F)F)c1F. The third-order valence-corrected chi connectivity index (χ3v) is 7.91. The van der Waals surface area contributed by atoms with Crippen molar-refractivity contribution in [1.82, 2.24) is 14.8 Å². The molecular weight excluding hydrogens is 495 g/mol. The zero-order valence-corrected chi connectivity index (χ0v) is 20.7. The highest BCUT2D eigenvalue weighted by molar-refractivity contribution is 5.99. The first-order valence-corrected chi connectivity index (χ1v) is 12.3. The van der Waals surface area contributed by atoms with Crippen LogP contribution in [-0.4, -0.2) is 47.5 Å². The average Bonchev–Trinajstić information content (AvgIpc) is 3.23. The van der Waals surface area contributed by atoms with Gasteiger partial charge in [-0.25, -0.2) is 22.0 Å². The molecule has 1 aliphatic heterocycles. The Hall–Kier alpha value is -2.95.